The van der Waals surface area contributed by atoms with E-state index < -0.39 is 5.54 Å². The van der Waals surface area contributed by atoms with E-state index in [2.05, 4.69) is 34.3 Å². The van der Waals surface area contributed by atoms with Gasteiger partial charge >= 0.3 is 0 Å². The maximum absolute atomic E-state index is 13.4. The minimum Gasteiger partial charge on any atom is -0.494 e. The van der Waals surface area contributed by atoms with Crippen molar-refractivity contribution in [1.29, 1.82) is 0 Å². The summed E-state index contributed by atoms with van der Waals surface area (Å²) >= 11 is 0. The number of aromatic nitrogens is 5. The summed E-state index contributed by atoms with van der Waals surface area (Å²) in [6.07, 6.45) is 11.3. The molecular weight excluding hydrogens is 440 g/mol. The molecule has 35 heavy (non-hydrogen) atoms. The molecule has 2 aliphatic rings. The van der Waals surface area contributed by atoms with Crippen LogP contribution in [0.1, 0.15) is 75.9 Å². The molecule has 2 N–H and O–H groups in total. The number of ether oxygens (including phenoxy) is 1. The lowest BCUT2D eigenvalue weighted by Gasteiger charge is -2.37. The van der Waals surface area contributed by atoms with Crippen LogP contribution in [0.25, 0.3) is 11.1 Å². The van der Waals surface area contributed by atoms with Crippen LogP contribution in [0.2, 0.25) is 0 Å². The molecule has 8 heteroatoms. The SMILES string of the molecule is CCCCCCOc1ccc([C@]2(C)CC(c3ccn(CC4CC4)n3)=C(c3ncn[nH]3)C(=O)N2)cc1. The van der Waals surface area contributed by atoms with Gasteiger partial charge in [-0.15, -0.1) is 0 Å². The Balaban J connectivity index is 1.39. The largest absolute Gasteiger partial charge is 0.494 e. The molecule has 1 amide bonds. The molecule has 0 unspecified atom stereocenters. The fourth-order valence-corrected chi connectivity index (χ4v) is 4.73. The number of nitrogens with one attached hydrogen (secondary N) is 2. The van der Waals surface area contributed by atoms with Crippen LogP contribution >= 0.6 is 0 Å². The number of hydrogen-bond acceptors (Lipinski definition) is 5. The zero-order valence-corrected chi connectivity index (χ0v) is 20.6. The van der Waals surface area contributed by atoms with Crippen LogP contribution in [0, 0.1) is 5.92 Å². The first-order valence-electron chi connectivity index (χ1n) is 12.7. The third kappa shape index (κ3) is 5.31. The highest BCUT2D eigenvalue weighted by Gasteiger charge is 2.39. The van der Waals surface area contributed by atoms with E-state index >= 15 is 0 Å². The standard InChI is InChI=1S/C27H34N6O2/c1-3-4-5-6-15-35-21-11-9-20(10-12-21)27(2)16-22(23-13-14-33(32-23)17-19-7-8-19)24(26(34)30-27)25-28-18-29-31-25/h9-14,18-19H,3-8,15-17H2,1-2H3,(H,30,34)(H,28,29,31)/t27-/m0/s1. The van der Waals surface area contributed by atoms with Gasteiger partial charge in [-0.2, -0.15) is 10.2 Å². The molecule has 0 radical (unpaired) electrons. The van der Waals surface area contributed by atoms with E-state index in [1.54, 1.807) is 0 Å². The van der Waals surface area contributed by atoms with E-state index in [1.807, 2.05) is 41.2 Å². The Labute approximate surface area is 206 Å². The molecule has 1 fully saturated rings. The molecule has 1 saturated carbocycles. The Morgan fingerprint density at radius 1 is 1.14 bits per heavy atom. The summed E-state index contributed by atoms with van der Waals surface area (Å²) in [6.45, 7) is 5.92. The van der Waals surface area contributed by atoms with E-state index in [-0.39, 0.29) is 5.91 Å². The molecule has 0 bridgehead atoms. The van der Waals surface area contributed by atoms with Crippen molar-refractivity contribution in [2.75, 3.05) is 6.61 Å². The van der Waals surface area contributed by atoms with Crippen molar-refractivity contribution in [3.8, 4) is 5.75 Å². The third-order valence-corrected chi connectivity index (χ3v) is 6.95. The summed E-state index contributed by atoms with van der Waals surface area (Å²) in [7, 11) is 0. The lowest BCUT2D eigenvalue weighted by atomic mass is 9.79. The fourth-order valence-electron chi connectivity index (χ4n) is 4.73. The van der Waals surface area contributed by atoms with E-state index in [0.29, 0.717) is 17.8 Å². The first kappa shape index (κ1) is 23.3. The topological polar surface area (TPSA) is 97.7 Å². The van der Waals surface area contributed by atoms with Gasteiger partial charge < -0.3 is 10.1 Å². The predicted octanol–water partition coefficient (Wildman–Crippen LogP) is 4.72. The molecule has 1 aliphatic heterocycles. The monoisotopic (exact) mass is 474 g/mol. The lowest BCUT2D eigenvalue weighted by Crippen LogP contribution is -2.47. The van der Waals surface area contributed by atoms with E-state index in [0.717, 1.165) is 48.1 Å². The number of unbranched alkanes of at least 4 members (excludes halogenated alkanes) is 3. The molecule has 3 heterocycles. The Bertz CT molecular complexity index is 1180. The van der Waals surface area contributed by atoms with Gasteiger partial charge in [0.2, 0.25) is 0 Å². The summed E-state index contributed by atoms with van der Waals surface area (Å²) in [6, 6.07) is 10.1. The Hall–Kier alpha value is -3.42. The van der Waals surface area contributed by atoms with Gasteiger partial charge in [-0.05, 0) is 61.4 Å². The van der Waals surface area contributed by atoms with E-state index in [9.17, 15) is 4.79 Å². The number of amides is 1. The molecule has 184 valence electrons. The predicted molar refractivity (Wildman–Crippen MR) is 134 cm³/mol. The van der Waals surface area contributed by atoms with Crippen molar-refractivity contribution < 1.29 is 9.53 Å². The van der Waals surface area contributed by atoms with Crippen LogP contribution in [-0.2, 0) is 16.9 Å². The van der Waals surface area contributed by atoms with Crippen LogP contribution < -0.4 is 10.1 Å². The van der Waals surface area contributed by atoms with Gasteiger partial charge in [0.25, 0.3) is 5.91 Å². The van der Waals surface area contributed by atoms with Gasteiger partial charge in [0.1, 0.15) is 12.1 Å². The van der Waals surface area contributed by atoms with Crippen molar-refractivity contribution in [2.45, 2.75) is 70.9 Å². The molecule has 1 atom stereocenters. The number of nitrogens with zero attached hydrogens (tertiary/aromatic N) is 4. The van der Waals surface area contributed by atoms with Gasteiger partial charge in [0, 0.05) is 19.2 Å². The van der Waals surface area contributed by atoms with Gasteiger partial charge in [-0.25, -0.2) is 4.98 Å². The third-order valence-electron chi connectivity index (χ3n) is 6.95. The number of benzene rings is 1. The van der Waals surface area contributed by atoms with Crippen LogP contribution in [0.3, 0.4) is 0 Å². The van der Waals surface area contributed by atoms with Gasteiger partial charge in [0.05, 0.1) is 23.4 Å². The van der Waals surface area contributed by atoms with Gasteiger partial charge in [-0.3, -0.25) is 14.6 Å². The maximum atomic E-state index is 13.4. The molecule has 3 aromatic rings. The average molecular weight is 475 g/mol. The highest BCUT2D eigenvalue weighted by molar-refractivity contribution is 6.27. The highest BCUT2D eigenvalue weighted by atomic mass is 16.5. The summed E-state index contributed by atoms with van der Waals surface area (Å²) in [5.74, 6) is 1.85. The van der Waals surface area contributed by atoms with Crippen molar-refractivity contribution in [3.63, 3.8) is 0 Å². The van der Waals surface area contributed by atoms with Crippen LogP contribution in [0.5, 0.6) is 5.75 Å². The van der Waals surface area contributed by atoms with Crippen molar-refractivity contribution in [2.24, 2.45) is 5.92 Å². The second kappa shape index (κ2) is 10.1. The Morgan fingerprint density at radius 3 is 2.69 bits per heavy atom. The number of aromatic amines is 1. The molecule has 0 spiro atoms. The van der Waals surface area contributed by atoms with Gasteiger partial charge in [0.15, 0.2) is 5.82 Å². The van der Waals surface area contributed by atoms with Crippen LogP contribution in [0.15, 0.2) is 42.9 Å². The number of hydrogen-bond donors (Lipinski definition) is 2. The zero-order chi connectivity index (χ0) is 24.3. The lowest BCUT2D eigenvalue weighted by molar-refractivity contribution is -0.117. The second-order valence-electron chi connectivity index (χ2n) is 9.95. The van der Waals surface area contributed by atoms with Crippen molar-refractivity contribution >= 4 is 17.1 Å². The maximum Gasteiger partial charge on any atom is 0.256 e. The van der Waals surface area contributed by atoms with Crippen LogP contribution in [-0.4, -0.2) is 37.5 Å². The molecule has 1 aliphatic carbocycles. The van der Waals surface area contributed by atoms with Crippen molar-refractivity contribution in [1.82, 2.24) is 30.3 Å². The summed E-state index contributed by atoms with van der Waals surface area (Å²) in [5, 5.41) is 14.9. The van der Waals surface area contributed by atoms with Crippen molar-refractivity contribution in [3.05, 3.63) is 59.9 Å². The van der Waals surface area contributed by atoms with Crippen LogP contribution in [0.4, 0.5) is 0 Å². The summed E-state index contributed by atoms with van der Waals surface area (Å²) < 4.78 is 7.91. The quantitative estimate of drug-likeness (QED) is 0.392. The number of rotatable bonds is 11. The number of carbonyl (C=O) groups excluding carboxylic acids is 1. The normalized spacial score (nSPS) is 20.2. The summed E-state index contributed by atoms with van der Waals surface area (Å²) in [4.78, 5) is 17.7. The van der Waals surface area contributed by atoms with E-state index in [1.165, 1.54) is 38.4 Å². The Morgan fingerprint density at radius 2 is 1.97 bits per heavy atom. The molecule has 2 aromatic heterocycles. The van der Waals surface area contributed by atoms with Gasteiger partial charge in [-0.1, -0.05) is 38.3 Å². The highest BCUT2D eigenvalue weighted by Crippen LogP contribution is 2.41. The molecule has 5 rings (SSSR count). The minimum atomic E-state index is -0.587. The molecule has 8 nitrogen and oxygen atoms in total. The minimum absolute atomic E-state index is 0.182. The summed E-state index contributed by atoms with van der Waals surface area (Å²) in [5.41, 5.74) is 2.62. The van der Waals surface area contributed by atoms with E-state index in [4.69, 9.17) is 9.84 Å². The number of H-pyrrole nitrogens is 1. The second-order valence-corrected chi connectivity index (χ2v) is 9.95. The molecule has 0 saturated heterocycles. The fraction of sp³-hybridized carbons (Fsp3) is 0.481. The first-order valence-corrected chi connectivity index (χ1v) is 12.7. The smallest absolute Gasteiger partial charge is 0.256 e. The zero-order valence-electron chi connectivity index (χ0n) is 20.6. The number of carbonyl (C=O) groups is 1. The molecular formula is C27H34N6O2. The first-order chi connectivity index (χ1) is 17.1. The Kier molecular flexibility index (Phi) is 6.70. The average Bonchev–Trinajstić information content (AvgIpc) is 3.29. The molecule has 1 aromatic carbocycles.